The maximum atomic E-state index is 5.59. The molecule has 1 rings (SSSR count). The van der Waals surface area contributed by atoms with Gasteiger partial charge in [0.25, 0.3) is 0 Å². The Morgan fingerprint density at radius 2 is 1.94 bits per heavy atom. The van der Waals surface area contributed by atoms with Gasteiger partial charge >= 0.3 is 0 Å². The van der Waals surface area contributed by atoms with Crippen molar-refractivity contribution in [3.8, 4) is 5.75 Å². The maximum absolute atomic E-state index is 5.59. The predicted molar refractivity (Wildman–Crippen MR) is 67.9 cm³/mol. The summed E-state index contributed by atoms with van der Waals surface area (Å²) in [5.74, 6) is 0.942. The van der Waals surface area contributed by atoms with E-state index in [-0.39, 0.29) is 0 Å². The van der Waals surface area contributed by atoms with Gasteiger partial charge in [0.05, 0.1) is 0 Å². The Morgan fingerprint density at radius 1 is 1.19 bits per heavy atom. The molecule has 1 aromatic rings. The van der Waals surface area contributed by atoms with E-state index in [0.717, 1.165) is 38.2 Å². The lowest BCUT2D eigenvalue weighted by Crippen LogP contribution is -2.23. The summed E-state index contributed by atoms with van der Waals surface area (Å²) in [4.78, 5) is 0. The summed E-state index contributed by atoms with van der Waals surface area (Å²) >= 11 is 0. The molecule has 0 radical (unpaired) electrons. The Balaban J connectivity index is 2.12. The number of rotatable bonds is 8. The molecule has 0 fully saturated rings. The van der Waals surface area contributed by atoms with Gasteiger partial charge in [0, 0.05) is 6.54 Å². The van der Waals surface area contributed by atoms with Crippen LogP contribution in [0.15, 0.2) is 24.3 Å². The third kappa shape index (κ3) is 5.14. The van der Waals surface area contributed by atoms with Crippen molar-refractivity contribution in [1.82, 2.24) is 5.32 Å². The number of ether oxygens (including phenoxy) is 1. The van der Waals surface area contributed by atoms with E-state index in [1.54, 1.807) is 0 Å². The second kappa shape index (κ2) is 8.13. The van der Waals surface area contributed by atoms with Crippen LogP contribution in [-0.4, -0.2) is 26.2 Å². The molecular weight excluding hydrogens is 200 g/mol. The Hall–Kier alpha value is -1.06. The van der Waals surface area contributed by atoms with Crippen molar-refractivity contribution in [2.45, 2.75) is 19.8 Å². The van der Waals surface area contributed by atoms with E-state index in [9.17, 15) is 0 Å². The molecule has 0 saturated carbocycles. The van der Waals surface area contributed by atoms with E-state index in [4.69, 9.17) is 10.5 Å². The van der Waals surface area contributed by atoms with E-state index < -0.39 is 0 Å². The normalized spacial score (nSPS) is 10.4. The fraction of sp³-hybridized carbons (Fsp3) is 0.538. The topological polar surface area (TPSA) is 47.3 Å². The molecule has 0 atom stereocenters. The van der Waals surface area contributed by atoms with Crippen molar-refractivity contribution >= 4 is 0 Å². The van der Waals surface area contributed by atoms with E-state index in [1.807, 2.05) is 12.1 Å². The van der Waals surface area contributed by atoms with E-state index in [2.05, 4.69) is 24.4 Å². The minimum absolute atomic E-state index is 0.704. The number of hydrogen-bond acceptors (Lipinski definition) is 3. The highest BCUT2D eigenvalue weighted by molar-refractivity contribution is 5.27. The average molecular weight is 222 g/mol. The van der Waals surface area contributed by atoms with E-state index in [0.29, 0.717) is 6.61 Å². The third-order valence-electron chi connectivity index (χ3n) is 2.44. The molecule has 3 N–H and O–H groups in total. The number of benzene rings is 1. The first kappa shape index (κ1) is 13.0. The fourth-order valence-electron chi connectivity index (χ4n) is 1.41. The summed E-state index contributed by atoms with van der Waals surface area (Å²) in [7, 11) is 0. The first-order valence-corrected chi connectivity index (χ1v) is 5.99. The molecule has 0 aliphatic heterocycles. The lowest BCUT2D eigenvalue weighted by molar-refractivity contribution is 0.314. The Bertz CT molecular complexity index is 272. The standard InChI is InChI=1S/C13H22N2O/c1-2-12-4-6-13(7-5-12)16-11-10-15-9-3-8-14/h4-7,15H,2-3,8-11,14H2,1H3. The smallest absolute Gasteiger partial charge is 0.119 e. The molecule has 0 spiro atoms. The van der Waals surface area contributed by atoms with Crippen LogP contribution < -0.4 is 15.8 Å². The molecule has 0 aliphatic rings. The lowest BCUT2D eigenvalue weighted by atomic mass is 10.2. The minimum atomic E-state index is 0.704. The zero-order valence-corrected chi connectivity index (χ0v) is 10.0. The van der Waals surface area contributed by atoms with Crippen LogP contribution in [0, 0.1) is 0 Å². The summed E-state index contributed by atoms with van der Waals surface area (Å²) in [5.41, 5.74) is 6.73. The monoisotopic (exact) mass is 222 g/mol. The molecule has 0 amide bonds. The zero-order valence-electron chi connectivity index (χ0n) is 10.0. The molecule has 0 aromatic heterocycles. The van der Waals surface area contributed by atoms with Crippen molar-refractivity contribution in [2.75, 3.05) is 26.2 Å². The maximum Gasteiger partial charge on any atom is 0.119 e. The van der Waals surface area contributed by atoms with Gasteiger partial charge in [0.1, 0.15) is 12.4 Å². The van der Waals surface area contributed by atoms with Crippen LogP contribution in [0.25, 0.3) is 0 Å². The molecule has 16 heavy (non-hydrogen) atoms. The second-order valence-corrected chi connectivity index (χ2v) is 3.74. The number of nitrogens with two attached hydrogens (primary N) is 1. The molecule has 90 valence electrons. The van der Waals surface area contributed by atoms with Gasteiger partial charge in [-0.05, 0) is 43.6 Å². The van der Waals surface area contributed by atoms with Crippen LogP contribution in [0.3, 0.4) is 0 Å². The molecule has 3 nitrogen and oxygen atoms in total. The fourth-order valence-corrected chi connectivity index (χ4v) is 1.41. The summed E-state index contributed by atoms with van der Waals surface area (Å²) in [5, 5.41) is 3.27. The van der Waals surface area contributed by atoms with Gasteiger partial charge in [0.15, 0.2) is 0 Å². The van der Waals surface area contributed by atoms with Gasteiger partial charge in [-0.3, -0.25) is 0 Å². The summed E-state index contributed by atoms with van der Waals surface area (Å²) in [6.07, 6.45) is 2.09. The average Bonchev–Trinajstić information content (AvgIpc) is 2.34. The molecule has 0 unspecified atom stereocenters. The van der Waals surface area contributed by atoms with Crippen LogP contribution in [0.5, 0.6) is 5.75 Å². The zero-order chi connectivity index (χ0) is 11.6. The van der Waals surface area contributed by atoms with Gasteiger partial charge in [0.2, 0.25) is 0 Å². The van der Waals surface area contributed by atoms with Crippen molar-refractivity contribution in [2.24, 2.45) is 5.73 Å². The van der Waals surface area contributed by atoms with Crippen LogP contribution in [0.4, 0.5) is 0 Å². The van der Waals surface area contributed by atoms with Gasteiger partial charge in [-0.1, -0.05) is 19.1 Å². The summed E-state index contributed by atoms with van der Waals surface area (Å²) in [6, 6.07) is 8.27. The molecule has 3 heteroatoms. The summed E-state index contributed by atoms with van der Waals surface area (Å²) in [6.45, 7) is 5.43. The van der Waals surface area contributed by atoms with Crippen molar-refractivity contribution < 1.29 is 4.74 Å². The largest absolute Gasteiger partial charge is 0.492 e. The summed E-state index contributed by atoms with van der Waals surface area (Å²) < 4.78 is 5.59. The van der Waals surface area contributed by atoms with Crippen LogP contribution >= 0.6 is 0 Å². The van der Waals surface area contributed by atoms with E-state index >= 15 is 0 Å². The van der Waals surface area contributed by atoms with Crippen molar-refractivity contribution in [1.29, 1.82) is 0 Å². The first-order valence-electron chi connectivity index (χ1n) is 5.99. The molecule has 0 saturated heterocycles. The van der Waals surface area contributed by atoms with Crippen molar-refractivity contribution in [3.05, 3.63) is 29.8 Å². The molecular formula is C13H22N2O. The number of hydrogen-bond donors (Lipinski definition) is 2. The quantitative estimate of drug-likeness (QED) is 0.656. The van der Waals surface area contributed by atoms with Crippen LogP contribution in [-0.2, 0) is 6.42 Å². The van der Waals surface area contributed by atoms with Gasteiger partial charge in [-0.2, -0.15) is 0 Å². The first-order chi connectivity index (χ1) is 7.86. The van der Waals surface area contributed by atoms with E-state index in [1.165, 1.54) is 5.56 Å². The Morgan fingerprint density at radius 3 is 2.56 bits per heavy atom. The number of nitrogens with one attached hydrogen (secondary N) is 1. The van der Waals surface area contributed by atoms with Crippen LogP contribution in [0.2, 0.25) is 0 Å². The SMILES string of the molecule is CCc1ccc(OCCNCCCN)cc1. The third-order valence-corrected chi connectivity index (χ3v) is 2.44. The lowest BCUT2D eigenvalue weighted by Gasteiger charge is -2.07. The highest BCUT2D eigenvalue weighted by Crippen LogP contribution is 2.11. The Kier molecular flexibility index (Phi) is 6.61. The number of aryl methyl sites for hydroxylation is 1. The van der Waals surface area contributed by atoms with Gasteiger partial charge < -0.3 is 15.8 Å². The highest BCUT2D eigenvalue weighted by atomic mass is 16.5. The van der Waals surface area contributed by atoms with Gasteiger partial charge in [-0.15, -0.1) is 0 Å². The molecule has 0 bridgehead atoms. The molecule has 0 heterocycles. The van der Waals surface area contributed by atoms with Crippen LogP contribution in [0.1, 0.15) is 18.9 Å². The molecule has 0 aliphatic carbocycles. The minimum Gasteiger partial charge on any atom is -0.492 e. The Labute approximate surface area is 98.0 Å². The highest BCUT2D eigenvalue weighted by Gasteiger charge is 1.93. The second-order valence-electron chi connectivity index (χ2n) is 3.74. The van der Waals surface area contributed by atoms with Crippen molar-refractivity contribution in [3.63, 3.8) is 0 Å². The van der Waals surface area contributed by atoms with Gasteiger partial charge in [-0.25, -0.2) is 0 Å². The predicted octanol–water partition coefficient (Wildman–Crippen LogP) is 1.57. The molecule has 1 aromatic carbocycles.